The van der Waals surface area contributed by atoms with E-state index < -0.39 is 0 Å². The Morgan fingerprint density at radius 3 is 2.92 bits per heavy atom. The molecule has 3 rings (SSSR count). The predicted octanol–water partition coefficient (Wildman–Crippen LogP) is 5.43. The van der Waals surface area contributed by atoms with Crippen LogP contribution in [0.25, 0.3) is 6.08 Å². The molecule has 4 N–H and O–H groups in total. The van der Waals surface area contributed by atoms with Crippen molar-refractivity contribution in [1.82, 2.24) is 0 Å². The molecule has 3 nitrogen and oxygen atoms in total. The van der Waals surface area contributed by atoms with Crippen molar-refractivity contribution in [3.8, 4) is 0 Å². The molecule has 2 aromatic rings. The third kappa shape index (κ3) is 4.68. The van der Waals surface area contributed by atoms with Gasteiger partial charge < -0.3 is 10.6 Å². The summed E-state index contributed by atoms with van der Waals surface area (Å²) in [4.78, 5) is 1.18. The van der Waals surface area contributed by atoms with Crippen LogP contribution in [0.5, 0.6) is 0 Å². The zero-order valence-corrected chi connectivity index (χ0v) is 15.2. The number of rotatable bonds is 6. The second-order valence-corrected chi connectivity index (χ2v) is 6.87. The van der Waals surface area contributed by atoms with Crippen LogP contribution in [-0.2, 0) is 6.42 Å². The number of aryl methyl sites for hydroxylation is 1. The molecule has 0 aromatic heterocycles. The summed E-state index contributed by atoms with van der Waals surface area (Å²) < 4.78 is 0. The van der Waals surface area contributed by atoms with Crippen LogP contribution in [0.15, 0.2) is 65.7 Å². The molecule has 1 aliphatic heterocycles. The highest BCUT2D eigenvalue weighted by atomic mass is 32.2. The Bertz CT molecular complexity index is 767. The highest BCUT2D eigenvalue weighted by molar-refractivity contribution is 7.97. The minimum atomic E-state index is 0.914. The van der Waals surface area contributed by atoms with Crippen LogP contribution in [0, 0.1) is 0 Å². The van der Waals surface area contributed by atoms with Gasteiger partial charge in [0, 0.05) is 23.6 Å². The van der Waals surface area contributed by atoms with Crippen LogP contribution in [0.1, 0.15) is 30.4 Å². The smallest absolute Gasteiger partial charge is 0.0652 e. The van der Waals surface area contributed by atoms with E-state index in [0.717, 1.165) is 43.6 Å². The zero-order chi connectivity index (χ0) is 17.5. The zero-order valence-electron chi connectivity index (χ0n) is 14.4. The molecule has 2 aromatic carbocycles. The van der Waals surface area contributed by atoms with E-state index in [1.165, 1.54) is 33.7 Å². The predicted molar refractivity (Wildman–Crippen MR) is 111 cm³/mol. The Morgan fingerprint density at radius 1 is 1.16 bits per heavy atom. The summed E-state index contributed by atoms with van der Waals surface area (Å²) in [5.74, 6) is 0. The highest BCUT2D eigenvalue weighted by Gasteiger charge is 2.10. The van der Waals surface area contributed by atoms with Crippen LogP contribution in [0.4, 0.5) is 11.4 Å². The topological polar surface area (TPSA) is 50.1 Å². The highest BCUT2D eigenvalue weighted by Crippen LogP contribution is 2.31. The summed E-state index contributed by atoms with van der Waals surface area (Å²) in [5, 5.41) is 12.6. The third-order valence-corrected chi connectivity index (χ3v) is 5.00. The van der Waals surface area contributed by atoms with Crippen LogP contribution in [0.3, 0.4) is 0 Å². The van der Waals surface area contributed by atoms with E-state index in [0.29, 0.717) is 0 Å². The Kier molecular flexibility index (Phi) is 6.20. The normalized spacial score (nSPS) is 13.9. The second-order valence-electron chi connectivity index (χ2n) is 6.20. The van der Waals surface area contributed by atoms with Gasteiger partial charge in [0.05, 0.1) is 11.4 Å². The first kappa shape index (κ1) is 17.6. The molecule has 0 unspecified atom stereocenters. The van der Waals surface area contributed by atoms with Crippen LogP contribution in [-0.4, -0.2) is 6.54 Å². The average Bonchev–Trinajstić information content (AvgIpc) is 2.83. The van der Waals surface area contributed by atoms with Crippen molar-refractivity contribution in [3.05, 3.63) is 71.9 Å². The van der Waals surface area contributed by atoms with E-state index in [1.54, 1.807) is 0 Å². The number of fused-ring (bicyclic) bond motifs is 1. The van der Waals surface area contributed by atoms with Crippen molar-refractivity contribution in [1.29, 1.82) is 0 Å². The number of unbranched alkanes of at least 4 members (excludes halogenated alkanes) is 1. The number of para-hydroxylation sites is 1. The summed E-state index contributed by atoms with van der Waals surface area (Å²) in [6.07, 6.45) is 8.63. The Balaban J connectivity index is 1.60. The van der Waals surface area contributed by atoms with E-state index in [4.69, 9.17) is 5.14 Å². The molecule has 25 heavy (non-hydrogen) atoms. The monoisotopic (exact) mass is 351 g/mol. The van der Waals surface area contributed by atoms with Gasteiger partial charge >= 0.3 is 0 Å². The maximum atomic E-state index is 5.73. The van der Waals surface area contributed by atoms with E-state index in [2.05, 4.69) is 65.8 Å². The molecule has 4 heteroatoms. The van der Waals surface area contributed by atoms with Crippen molar-refractivity contribution >= 4 is 29.4 Å². The molecule has 0 saturated heterocycles. The van der Waals surface area contributed by atoms with E-state index in [9.17, 15) is 0 Å². The number of nitrogens with two attached hydrogens (primary N) is 1. The van der Waals surface area contributed by atoms with Crippen LogP contribution in [0.2, 0.25) is 0 Å². The molecule has 130 valence electrons. The van der Waals surface area contributed by atoms with Crippen molar-refractivity contribution in [3.63, 3.8) is 0 Å². The first-order valence-electron chi connectivity index (χ1n) is 8.71. The number of hydrogen-bond acceptors (Lipinski definition) is 4. The Labute approximate surface area is 154 Å². The lowest BCUT2D eigenvalue weighted by atomic mass is 10.1. The minimum absolute atomic E-state index is 0.914. The maximum absolute atomic E-state index is 5.73. The van der Waals surface area contributed by atoms with Gasteiger partial charge in [-0.25, -0.2) is 0 Å². The van der Waals surface area contributed by atoms with Crippen molar-refractivity contribution in [2.45, 2.75) is 30.6 Å². The fourth-order valence-corrected chi connectivity index (χ4v) is 3.53. The molecule has 0 aliphatic carbocycles. The lowest BCUT2D eigenvalue weighted by molar-refractivity contribution is 0.831. The first-order valence-corrected chi connectivity index (χ1v) is 9.59. The van der Waals surface area contributed by atoms with E-state index in [1.807, 2.05) is 6.07 Å². The molecule has 0 atom stereocenters. The molecule has 0 amide bonds. The number of allylic oxidation sites excluding steroid dienone is 1. The molecule has 0 fully saturated rings. The van der Waals surface area contributed by atoms with Gasteiger partial charge in [0.25, 0.3) is 0 Å². The fourth-order valence-electron chi connectivity index (χ4n) is 3.05. The summed E-state index contributed by atoms with van der Waals surface area (Å²) >= 11 is 1.33. The molecule has 1 heterocycles. The van der Waals surface area contributed by atoms with Crippen LogP contribution >= 0.6 is 11.9 Å². The van der Waals surface area contributed by atoms with Gasteiger partial charge in [-0.05, 0) is 54.5 Å². The van der Waals surface area contributed by atoms with Crippen molar-refractivity contribution in [2.75, 3.05) is 17.2 Å². The SMILES string of the molecule is C=C1CCNc2c(/C=C/CCCc3ccccc3SN)cccc2N1. The molecular weight excluding hydrogens is 326 g/mol. The summed E-state index contributed by atoms with van der Waals surface area (Å²) in [6.45, 7) is 4.97. The third-order valence-electron chi connectivity index (χ3n) is 4.35. The van der Waals surface area contributed by atoms with Crippen molar-refractivity contribution < 1.29 is 0 Å². The lowest BCUT2D eigenvalue weighted by Crippen LogP contribution is -2.00. The average molecular weight is 352 g/mol. The number of nitrogens with one attached hydrogen (secondary N) is 2. The lowest BCUT2D eigenvalue weighted by Gasteiger charge is -2.11. The van der Waals surface area contributed by atoms with Gasteiger partial charge in [0.1, 0.15) is 0 Å². The molecule has 0 saturated carbocycles. The number of anilines is 2. The van der Waals surface area contributed by atoms with Gasteiger partial charge in [-0.3, -0.25) is 5.14 Å². The quantitative estimate of drug-likeness (QED) is 0.480. The summed E-state index contributed by atoms with van der Waals surface area (Å²) in [7, 11) is 0. The van der Waals surface area contributed by atoms with Crippen molar-refractivity contribution in [2.24, 2.45) is 5.14 Å². The standard InChI is InChI=1S/C21H25N3S/c1-16-14-15-23-21-18(11-7-12-19(21)24-16)10-4-2-3-8-17-9-5-6-13-20(17)25-22/h4-7,9-13,23-24H,1-3,8,14-15,22H2/b10-4+. The van der Waals surface area contributed by atoms with Gasteiger partial charge in [-0.2, -0.15) is 0 Å². The summed E-state index contributed by atoms with van der Waals surface area (Å²) in [5.41, 5.74) is 5.89. The van der Waals surface area contributed by atoms with Gasteiger partial charge in [0.2, 0.25) is 0 Å². The van der Waals surface area contributed by atoms with E-state index in [-0.39, 0.29) is 0 Å². The maximum Gasteiger partial charge on any atom is 0.0652 e. The van der Waals surface area contributed by atoms with Gasteiger partial charge in [-0.1, -0.05) is 49.1 Å². The number of hydrogen-bond donors (Lipinski definition) is 3. The largest absolute Gasteiger partial charge is 0.382 e. The number of benzene rings is 2. The Hall–Kier alpha value is -2.17. The Morgan fingerprint density at radius 2 is 2.04 bits per heavy atom. The fraction of sp³-hybridized carbons (Fsp3) is 0.238. The van der Waals surface area contributed by atoms with Gasteiger partial charge in [0.15, 0.2) is 0 Å². The molecule has 0 radical (unpaired) electrons. The molecule has 1 aliphatic rings. The summed E-state index contributed by atoms with van der Waals surface area (Å²) in [6, 6.07) is 14.7. The van der Waals surface area contributed by atoms with Crippen LogP contribution < -0.4 is 15.8 Å². The van der Waals surface area contributed by atoms with Gasteiger partial charge in [-0.15, -0.1) is 0 Å². The second kappa shape index (κ2) is 8.79. The molecule has 0 bridgehead atoms. The first-order chi connectivity index (χ1) is 12.3. The molecule has 0 spiro atoms. The minimum Gasteiger partial charge on any atom is -0.382 e. The van der Waals surface area contributed by atoms with E-state index >= 15 is 0 Å². The molecular formula is C21H25N3S.